The van der Waals surface area contributed by atoms with Crippen molar-refractivity contribution in [3.63, 3.8) is 0 Å². The molecule has 0 heterocycles. The molecule has 96 valence electrons. The van der Waals surface area contributed by atoms with Gasteiger partial charge in [0.1, 0.15) is 0 Å². The maximum Gasteiger partial charge on any atom is 0.0168 e. The predicted octanol–water partition coefficient (Wildman–Crippen LogP) is 5.71. The van der Waals surface area contributed by atoms with E-state index in [2.05, 4.69) is 79.8 Å². The van der Waals surface area contributed by atoms with Crippen LogP contribution in [-0.2, 0) is 0 Å². The molecule has 16 heavy (non-hydrogen) atoms. The van der Waals surface area contributed by atoms with Crippen molar-refractivity contribution in [3.8, 4) is 0 Å². The number of alkyl halides is 2. The zero-order valence-corrected chi connectivity index (χ0v) is 15.6. The topological polar surface area (TPSA) is 0 Å². The molecule has 0 amide bonds. The van der Waals surface area contributed by atoms with E-state index in [-0.39, 0.29) is 0 Å². The van der Waals surface area contributed by atoms with Crippen LogP contribution in [0.2, 0.25) is 0 Å². The van der Waals surface area contributed by atoms with Crippen molar-refractivity contribution in [1.82, 2.24) is 0 Å². The van der Waals surface area contributed by atoms with E-state index in [1.807, 2.05) is 0 Å². The summed E-state index contributed by atoms with van der Waals surface area (Å²) in [6.07, 6.45) is 4.32. The molecule has 0 aromatic rings. The molecule has 0 spiro atoms. The quantitative estimate of drug-likeness (QED) is 0.383. The van der Waals surface area contributed by atoms with Crippen molar-refractivity contribution in [1.29, 1.82) is 0 Å². The number of hydrogen-bond acceptors (Lipinski definition) is 0. The van der Waals surface area contributed by atoms with Gasteiger partial charge < -0.3 is 0 Å². The van der Waals surface area contributed by atoms with Crippen molar-refractivity contribution < 1.29 is 0 Å². The molecule has 3 atom stereocenters. The number of hydrogen-bond donors (Lipinski definition) is 0. The van der Waals surface area contributed by atoms with Gasteiger partial charge in [0.15, 0.2) is 0 Å². The van der Waals surface area contributed by atoms with Crippen molar-refractivity contribution >= 4 is 45.2 Å². The smallest absolute Gasteiger partial charge is 0.0168 e. The van der Waals surface area contributed by atoms with Crippen LogP contribution in [0.25, 0.3) is 0 Å². The van der Waals surface area contributed by atoms with Crippen LogP contribution < -0.4 is 0 Å². The SMILES string of the molecule is CC(C)(I)CC1CC(C(C)(C)C)CC1CI. The minimum absolute atomic E-state index is 0.471. The fourth-order valence-electron chi connectivity index (χ4n) is 2.98. The van der Waals surface area contributed by atoms with Gasteiger partial charge in [0.05, 0.1) is 0 Å². The Balaban J connectivity index is 2.65. The summed E-state index contributed by atoms with van der Waals surface area (Å²) in [7, 11) is 0. The van der Waals surface area contributed by atoms with Gasteiger partial charge in [-0.1, -0.05) is 79.8 Å². The second-order valence-corrected chi connectivity index (χ2v) is 10.9. The lowest BCUT2D eigenvalue weighted by atomic mass is 9.79. The Bertz CT molecular complexity index is 222. The molecule has 0 N–H and O–H groups in total. The van der Waals surface area contributed by atoms with Gasteiger partial charge in [-0.05, 0) is 42.4 Å². The van der Waals surface area contributed by atoms with Gasteiger partial charge in [-0.3, -0.25) is 0 Å². The summed E-state index contributed by atoms with van der Waals surface area (Å²) in [6.45, 7) is 12.0. The highest BCUT2D eigenvalue weighted by Gasteiger charge is 2.40. The molecule has 0 nitrogen and oxygen atoms in total. The second kappa shape index (κ2) is 5.62. The van der Waals surface area contributed by atoms with Gasteiger partial charge in [0, 0.05) is 7.85 Å². The molecule has 1 aliphatic rings. The molecule has 1 rings (SSSR count). The molecule has 1 aliphatic carbocycles. The monoisotopic (exact) mass is 448 g/mol. The van der Waals surface area contributed by atoms with Crippen LogP contribution in [0.5, 0.6) is 0 Å². The molecule has 1 saturated carbocycles. The zero-order chi connectivity index (χ0) is 12.6. The highest BCUT2D eigenvalue weighted by atomic mass is 127. The molecule has 2 heteroatoms. The van der Waals surface area contributed by atoms with Gasteiger partial charge in [-0.25, -0.2) is 0 Å². The molecule has 0 aromatic carbocycles. The molecule has 0 aliphatic heterocycles. The molecular formula is C14H26I2. The lowest BCUT2D eigenvalue weighted by Crippen LogP contribution is -2.20. The van der Waals surface area contributed by atoms with E-state index in [0.29, 0.717) is 8.84 Å². The first-order valence-electron chi connectivity index (χ1n) is 6.38. The largest absolute Gasteiger partial charge is 0.0861 e. The van der Waals surface area contributed by atoms with Crippen molar-refractivity contribution in [2.75, 3.05) is 4.43 Å². The minimum Gasteiger partial charge on any atom is -0.0861 e. The van der Waals surface area contributed by atoms with Crippen molar-refractivity contribution in [2.24, 2.45) is 23.2 Å². The summed E-state index contributed by atoms with van der Waals surface area (Å²) in [4.78, 5) is 0. The molecule has 3 unspecified atom stereocenters. The van der Waals surface area contributed by atoms with Crippen LogP contribution in [0.3, 0.4) is 0 Å². The van der Waals surface area contributed by atoms with Gasteiger partial charge in [0.2, 0.25) is 0 Å². The van der Waals surface area contributed by atoms with E-state index in [1.165, 1.54) is 23.7 Å². The molecular weight excluding hydrogens is 422 g/mol. The van der Waals surface area contributed by atoms with Crippen LogP contribution in [0.1, 0.15) is 53.9 Å². The lowest BCUT2D eigenvalue weighted by Gasteiger charge is -2.28. The van der Waals surface area contributed by atoms with Gasteiger partial charge in [-0.2, -0.15) is 0 Å². The minimum atomic E-state index is 0.471. The standard InChI is InChI=1S/C14H26I2/c1-13(2,3)12-6-10(8-14(4,5)16)11(7-12)9-15/h10-12H,6-9H2,1-5H3. The predicted molar refractivity (Wildman–Crippen MR) is 90.8 cm³/mol. The molecule has 0 bridgehead atoms. The molecule has 1 fully saturated rings. The van der Waals surface area contributed by atoms with Gasteiger partial charge >= 0.3 is 0 Å². The van der Waals surface area contributed by atoms with Gasteiger partial charge in [-0.15, -0.1) is 0 Å². The summed E-state index contributed by atoms with van der Waals surface area (Å²) in [5, 5.41) is 0. The van der Waals surface area contributed by atoms with Gasteiger partial charge in [0.25, 0.3) is 0 Å². The van der Waals surface area contributed by atoms with Crippen molar-refractivity contribution in [2.45, 2.75) is 57.3 Å². The Kier molecular flexibility index (Phi) is 5.45. The summed E-state index contributed by atoms with van der Waals surface area (Å²) in [5.41, 5.74) is 0.508. The summed E-state index contributed by atoms with van der Waals surface area (Å²) < 4.78 is 1.82. The van der Waals surface area contributed by atoms with Crippen LogP contribution >= 0.6 is 45.2 Å². The first-order chi connectivity index (χ1) is 7.13. The maximum atomic E-state index is 2.62. The Morgan fingerprint density at radius 2 is 1.50 bits per heavy atom. The van der Waals surface area contributed by atoms with E-state index >= 15 is 0 Å². The first-order valence-corrected chi connectivity index (χ1v) is 8.99. The third kappa shape index (κ3) is 4.62. The summed E-state index contributed by atoms with van der Waals surface area (Å²) in [6, 6.07) is 0. The average Bonchev–Trinajstić information content (AvgIpc) is 2.43. The van der Waals surface area contributed by atoms with Crippen LogP contribution in [0, 0.1) is 23.2 Å². The first kappa shape index (κ1) is 15.5. The Morgan fingerprint density at radius 3 is 1.88 bits per heavy atom. The Hall–Kier alpha value is 1.46. The van der Waals surface area contributed by atoms with Crippen molar-refractivity contribution in [3.05, 3.63) is 0 Å². The summed E-state index contributed by atoms with van der Waals surface area (Å²) >= 11 is 5.21. The number of rotatable bonds is 3. The Labute approximate surface area is 129 Å². The zero-order valence-electron chi connectivity index (χ0n) is 11.3. The molecule has 0 saturated heterocycles. The van der Waals surface area contributed by atoms with E-state index in [9.17, 15) is 0 Å². The lowest BCUT2D eigenvalue weighted by molar-refractivity contribution is 0.235. The molecule has 0 radical (unpaired) electrons. The fraction of sp³-hybridized carbons (Fsp3) is 1.00. The van der Waals surface area contributed by atoms with E-state index in [0.717, 1.165) is 17.8 Å². The maximum absolute atomic E-state index is 2.62. The Morgan fingerprint density at radius 1 is 1.00 bits per heavy atom. The normalized spacial score (nSPS) is 32.1. The average molecular weight is 448 g/mol. The third-order valence-corrected chi connectivity index (χ3v) is 5.58. The van der Waals surface area contributed by atoms with E-state index in [1.54, 1.807) is 0 Å². The highest BCUT2D eigenvalue weighted by Crippen LogP contribution is 2.49. The van der Waals surface area contributed by atoms with Crippen LogP contribution in [0.15, 0.2) is 0 Å². The second-order valence-electron chi connectivity index (χ2n) is 7.13. The number of halogens is 2. The summed E-state index contributed by atoms with van der Waals surface area (Å²) in [5.74, 6) is 2.88. The van der Waals surface area contributed by atoms with Crippen LogP contribution in [-0.4, -0.2) is 7.85 Å². The van der Waals surface area contributed by atoms with E-state index < -0.39 is 0 Å². The highest BCUT2D eigenvalue weighted by molar-refractivity contribution is 14.1. The van der Waals surface area contributed by atoms with E-state index in [4.69, 9.17) is 0 Å². The van der Waals surface area contributed by atoms with Crippen LogP contribution in [0.4, 0.5) is 0 Å². The molecule has 0 aromatic heterocycles. The third-order valence-electron chi connectivity index (χ3n) is 4.01. The fourth-order valence-corrected chi connectivity index (χ4v) is 4.63.